The second kappa shape index (κ2) is 8.17. The molecule has 0 N–H and O–H groups in total. The molecule has 1 aromatic heterocycles. The Labute approximate surface area is 169 Å². The van der Waals surface area contributed by atoms with Gasteiger partial charge in [-0.15, -0.1) is 0 Å². The topological polar surface area (TPSA) is 49.6 Å². The Morgan fingerprint density at radius 2 is 1.86 bits per heavy atom. The fourth-order valence-corrected chi connectivity index (χ4v) is 5.35. The summed E-state index contributed by atoms with van der Waals surface area (Å²) in [5, 5.41) is 4.28. The smallest absolute Gasteiger partial charge is 0.276 e. The maximum atomic E-state index is 13.5. The summed E-state index contributed by atoms with van der Waals surface area (Å²) in [6, 6.07) is 0.358. The van der Waals surface area contributed by atoms with E-state index in [4.69, 9.17) is 4.52 Å². The first-order valence-electron chi connectivity index (χ1n) is 11.4. The molecule has 4 rings (SSSR count). The fraction of sp³-hybridized carbons (Fsp3) is 0.826. The fourth-order valence-electron chi connectivity index (χ4n) is 5.35. The van der Waals surface area contributed by atoms with Crippen molar-refractivity contribution in [1.29, 1.82) is 0 Å². The van der Waals surface area contributed by atoms with Crippen LogP contribution in [-0.2, 0) is 12.8 Å². The van der Waals surface area contributed by atoms with Gasteiger partial charge >= 0.3 is 0 Å². The molecule has 5 heteroatoms. The summed E-state index contributed by atoms with van der Waals surface area (Å²) in [6.45, 7) is 11.4. The van der Waals surface area contributed by atoms with Crippen molar-refractivity contribution in [2.24, 2.45) is 11.3 Å². The quantitative estimate of drug-likeness (QED) is 0.773. The van der Waals surface area contributed by atoms with Crippen molar-refractivity contribution in [1.82, 2.24) is 15.0 Å². The number of piperidine rings is 1. The number of amides is 1. The molecule has 0 radical (unpaired) electrons. The minimum Gasteiger partial charge on any atom is -0.360 e. The van der Waals surface area contributed by atoms with Crippen LogP contribution in [-0.4, -0.2) is 53.1 Å². The van der Waals surface area contributed by atoms with E-state index in [1.807, 2.05) is 0 Å². The van der Waals surface area contributed by atoms with Gasteiger partial charge in [0, 0.05) is 31.1 Å². The third-order valence-corrected chi connectivity index (χ3v) is 7.33. The Morgan fingerprint density at radius 3 is 2.61 bits per heavy atom. The lowest BCUT2D eigenvalue weighted by Gasteiger charge is -2.37. The van der Waals surface area contributed by atoms with Crippen LogP contribution in [0.3, 0.4) is 0 Å². The van der Waals surface area contributed by atoms with E-state index in [-0.39, 0.29) is 11.3 Å². The molecule has 2 atom stereocenters. The number of carbonyl (C=O) groups excluding carboxylic acids is 1. The van der Waals surface area contributed by atoms with E-state index in [1.165, 1.54) is 32.4 Å². The van der Waals surface area contributed by atoms with Gasteiger partial charge in [-0.05, 0) is 75.8 Å². The van der Waals surface area contributed by atoms with E-state index < -0.39 is 0 Å². The highest BCUT2D eigenvalue weighted by Gasteiger charge is 2.37. The van der Waals surface area contributed by atoms with E-state index in [9.17, 15) is 4.79 Å². The number of aryl methyl sites for hydroxylation is 1. The second-order valence-electron chi connectivity index (χ2n) is 10.2. The Balaban J connectivity index is 1.47. The predicted molar refractivity (Wildman–Crippen MR) is 110 cm³/mol. The van der Waals surface area contributed by atoms with Gasteiger partial charge in [0.15, 0.2) is 5.69 Å². The number of nitrogens with zero attached hydrogens (tertiary/aromatic N) is 3. The van der Waals surface area contributed by atoms with Crippen LogP contribution in [0.5, 0.6) is 0 Å². The summed E-state index contributed by atoms with van der Waals surface area (Å²) < 4.78 is 5.63. The molecule has 3 aliphatic rings. The molecule has 1 amide bonds. The lowest BCUT2D eigenvalue weighted by atomic mass is 9.71. The predicted octanol–water partition coefficient (Wildman–Crippen LogP) is 4.31. The van der Waals surface area contributed by atoms with Crippen molar-refractivity contribution in [3.8, 4) is 0 Å². The first-order chi connectivity index (χ1) is 13.4. The maximum absolute atomic E-state index is 13.5. The van der Waals surface area contributed by atoms with Gasteiger partial charge in [0.1, 0.15) is 5.76 Å². The largest absolute Gasteiger partial charge is 0.360 e. The van der Waals surface area contributed by atoms with E-state index in [0.29, 0.717) is 17.7 Å². The molecule has 156 valence electrons. The molecule has 1 aliphatic carbocycles. The van der Waals surface area contributed by atoms with Crippen LogP contribution < -0.4 is 0 Å². The molecule has 0 saturated carbocycles. The number of hydrogen-bond donors (Lipinski definition) is 0. The minimum atomic E-state index is 0.116. The SMILES string of the molecule is CC(C)(C)[C@H]1CCc2onc(C(=O)N3CCCC[C@@H]3CCN3CCCC3)c2C1. The first-order valence-corrected chi connectivity index (χ1v) is 11.4. The van der Waals surface area contributed by atoms with Crippen molar-refractivity contribution in [3.05, 3.63) is 17.0 Å². The number of carbonyl (C=O) groups is 1. The van der Waals surface area contributed by atoms with E-state index >= 15 is 0 Å². The summed E-state index contributed by atoms with van der Waals surface area (Å²) in [5.41, 5.74) is 1.95. The van der Waals surface area contributed by atoms with Gasteiger partial charge in [0.25, 0.3) is 5.91 Å². The van der Waals surface area contributed by atoms with Crippen LogP contribution in [0, 0.1) is 11.3 Å². The average molecular weight is 388 g/mol. The van der Waals surface area contributed by atoms with Gasteiger partial charge in [0.2, 0.25) is 0 Å². The molecule has 5 nitrogen and oxygen atoms in total. The van der Waals surface area contributed by atoms with Crippen molar-refractivity contribution in [3.63, 3.8) is 0 Å². The number of hydrogen-bond acceptors (Lipinski definition) is 4. The molecule has 0 unspecified atom stereocenters. The summed E-state index contributed by atoms with van der Waals surface area (Å²) in [7, 11) is 0. The molecule has 0 bridgehead atoms. The third kappa shape index (κ3) is 4.14. The summed E-state index contributed by atoms with van der Waals surface area (Å²) in [4.78, 5) is 18.2. The highest BCUT2D eigenvalue weighted by molar-refractivity contribution is 5.94. The minimum absolute atomic E-state index is 0.116. The number of rotatable bonds is 4. The van der Waals surface area contributed by atoms with Crippen LogP contribution >= 0.6 is 0 Å². The molecule has 0 spiro atoms. The van der Waals surface area contributed by atoms with Crippen LogP contribution in [0.15, 0.2) is 4.52 Å². The number of likely N-dealkylation sites (tertiary alicyclic amines) is 2. The monoisotopic (exact) mass is 387 g/mol. The summed E-state index contributed by atoms with van der Waals surface area (Å²) in [6.07, 6.45) is 10.2. The Bertz CT molecular complexity index is 685. The molecule has 0 aromatic carbocycles. The molecule has 2 saturated heterocycles. The molecule has 2 fully saturated rings. The van der Waals surface area contributed by atoms with E-state index in [0.717, 1.165) is 62.9 Å². The maximum Gasteiger partial charge on any atom is 0.276 e. The van der Waals surface area contributed by atoms with Gasteiger partial charge in [-0.25, -0.2) is 0 Å². The van der Waals surface area contributed by atoms with Crippen molar-refractivity contribution in [2.45, 2.75) is 84.6 Å². The highest BCUT2D eigenvalue weighted by Crippen LogP contribution is 2.39. The first kappa shape index (κ1) is 19.9. The van der Waals surface area contributed by atoms with Crippen molar-refractivity contribution in [2.75, 3.05) is 26.2 Å². The van der Waals surface area contributed by atoms with E-state index in [2.05, 4.69) is 35.7 Å². The second-order valence-corrected chi connectivity index (χ2v) is 10.2. The van der Waals surface area contributed by atoms with Crippen LogP contribution in [0.25, 0.3) is 0 Å². The van der Waals surface area contributed by atoms with Gasteiger partial charge in [0.05, 0.1) is 0 Å². The van der Waals surface area contributed by atoms with Crippen LogP contribution in [0.2, 0.25) is 0 Å². The number of aromatic nitrogens is 1. The van der Waals surface area contributed by atoms with Crippen molar-refractivity contribution >= 4 is 5.91 Å². The van der Waals surface area contributed by atoms with Gasteiger partial charge in [-0.1, -0.05) is 25.9 Å². The zero-order chi connectivity index (χ0) is 19.7. The standard InChI is InChI=1S/C23H37N3O2/c1-23(2,3)17-9-10-20-19(16-17)21(24-28-20)22(27)26-14-5-4-8-18(26)11-15-25-12-6-7-13-25/h17-18H,4-16H2,1-3H3/t17-,18+/m0/s1. The van der Waals surface area contributed by atoms with Gasteiger partial charge in [-0.2, -0.15) is 0 Å². The molecule has 3 heterocycles. The molecule has 1 aromatic rings. The Kier molecular flexibility index (Phi) is 5.82. The Hall–Kier alpha value is -1.36. The lowest BCUT2D eigenvalue weighted by molar-refractivity contribution is 0.0576. The summed E-state index contributed by atoms with van der Waals surface area (Å²) in [5.74, 6) is 1.65. The third-order valence-electron chi connectivity index (χ3n) is 7.33. The summed E-state index contributed by atoms with van der Waals surface area (Å²) >= 11 is 0. The normalized spacial score (nSPS) is 26.5. The average Bonchev–Trinajstić information content (AvgIpc) is 3.34. The zero-order valence-electron chi connectivity index (χ0n) is 18.0. The number of fused-ring (bicyclic) bond motifs is 1. The lowest BCUT2D eigenvalue weighted by Crippen LogP contribution is -2.45. The molecular weight excluding hydrogens is 350 g/mol. The van der Waals surface area contributed by atoms with Crippen molar-refractivity contribution < 1.29 is 9.32 Å². The molecule has 2 aliphatic heterocycles. The van der Waals surface area contributed by atoms with Gasteiger partial charge < -0.3 is 14.3 Å². The van der Waals surface area contributed by atoms with E-state index in [1.54, 1.807) is 0 Å². The highest BCUT2D eigenvalue weighted by atomic mass is 16.5. The van der Waals surface area contributed by atoms with Gasteiger partial charge in [-0.3, -0.25) is 4.79 Å². The van der Waals surface area contributed by atoms with Crippen LogP contribution in [0.1, 0.15) is 87.5 Å². The zero-order valence-corrected chi connectivity index (χ0v) is 18.0. The molecule has 28 heavy (non-hydrogen) atoms. The van der Waals surface area contributed by atoms with Crippen LogP contribution in [0.4, 0.5) is 0 Å². The Morgan fingerprint density at radius 1 is 1.11 bits per heavy atom. The molecular formula is C23H37N3O2.